The van der Waals surface area contributed by atoms with E-state index >= 15 is 0 Å². The first kappa shape index (κ1) is 26.1. The summed E-state index contributed by atoms with van der Waals surface area (Å²) in [5.41, 5.74) is 1.84. The standard InChI is InChI=1S/C24H24IN3O7/c1-13-10-18(25)6-9-21(13)27(14(2)29)12-23-28(15(3)30)26-24(35-23)20-8-7-19(33-16(4)31)11-22(20)34-17(5)32/h6-11,23H,12H2,1-5H3/t23-/m0/s1. The van der Waals surface area contributed by atoms with Crippen LogP contribution in [0.15, 0.2) is 41.5 Å². The van der Waals surface area contributed by atoms with Gasteiger partial charge in [0.1, 0.15) is 11.5 Å². The zero-order valence-electron chi connectivity index (χ0n) is 19.8. The zero-order valence-corrected chi connectivity index (χ0v) is 22.0. The Balaban J connectivity index is 1.95. The van der Waals surface area contributed by atoms with Crippen LogP contribution in [0, 0.1) is 10.5 Å². The Morgan fingerprint density at radius 3 is 2.29 bits per heavy atom. The topological polar surface area (TPSA) is 115 Å². The summed E-state index contributed by atoms with van der Waals surface area (Å²) in [4.78, 5) is 49.4. The number of ether oxygens (including phenoxy) is 3. The molecule has 0 spiro atoms. The second kappa shape index (κ2) is 10.8. The van der Waals surface area contributed by atoms with E-state index in [9.17, 15) is 19.2 Å². The van der Waals surface area contributed by atoms with Gasteiger partial charge in [-0.2, -0.15) is 5.01 Å². The summed E-state index contributed by atoms with van der Waals surface area (Å²) in [6.07, 6.45) is -0.927. The van der Waals surface area contributed by atoms with E-state index in [1.807, 2.05) is 25.1 Å². The van der Waals surface area contributed by atoms with Crippen molar-refractivity contribution in [3.05, 3.63) is 51.1 Å². The van der Waals surface area contributed by atoms with Crippen LogP contribution in [0.2, 0.25) is 0 Å². The number of hydrazone groups is 1. The van der Waals surface area contributed by atoms with Gasteiger partial charge in [-0.25, -0.2) is 0 Å². The van der Waals surface area contributed by atoms with Crippen molar-refractivity contribution in [2.24, 2.45) is 5.10 Å². The molecule has 2 amide bonds. The zero-order chi connectivity index (χ0) is 25.9. The van der Waals surface area contributed by atoms with Gasteiger partial charge in [-0.15, -0.1) is 5.10 Å². The normalized spacial score (nSPS) is 14.6. The minimum Gasteiger partial charge on any atom is -0.448 e. The molecule has 3 rings (SSSR count). The average molecular weight is 593 g/mol. The van der Waals surface area contributed by atoms with Crippen molar-refractivity contribution in [1.82, 2.24) is 5.01 Å². The largest absolute Gasteiger partial charge is 0.448 e. The molecule has 11 heteroatoms. The van der Waals surface area contributed by atoms with Crippen LogP contribution >= 0.6 is 22.6 Å². The SMILES string of the molecule is CC(=O)Oc1ccc(C2=NN(C(C)=O)[C@H](CN(C(C)=O)c3ccc(I)cc3C)O2)c(OC(C)=O)c1. The van der Waals surface area contributed by atoms with Gasteiger partial charge < -0.3 is 19.1 Å². The maximum absolute atomic E-state index is 12.5. The lowest BCUT2D eigenvalue weighted by molar-refractivity contribution is -0.135. The highest BCUT2D eigenvalue weighted by Crippen LogP contribution is 2.31. The molecule has 10 nitrogen and oxygen atoms in total. The summed E-state index contributed by atoms with van der Waals surface area (Å²) in [7, 11) is 0. The number of esters is 2. The van der Waals surface area contributed by atoms with Gasteiger partial charge in [0, 0.05) is 43.0 Å². The van der Waals surface area contributed by atoms with E-state index in [1.54, 1.807) is 0 Å². The molecule has 1 aliphatic heterocycles. The summed E-state index contributed by atoms with van der Waals surface area (Å²) < 4.78 is 17.3. The van der Waals surface area contributed by atoms with Gasteiger partial charge in [0.25, 0.3) is 0 Å². The lowest BCUT2D eigenvalue weighted by Crippen LogP contribution is -2.44. The van der Waals surface area contributed by atoms with Gasteiger partial charge in [0.15, 0.2) is 0 Å². The molecule has 0 N–H and O–H groups in total. The third kappa shape index (κ3) is 6.35. The first-order valence-electron chi connectivity index (χ1n) is 10.6. The number of rotatable bonds is 6. The lowest BCUT2D eigenvalue weighted by Gasteiger charge is -2.28. The number of benzene rings is 2. The van der Waals surface area contributed by atoms with E-state index in [4.69, 9.17) is 14.2 Å². The van der Waals surface area contributed by atoms with E-state index in [0.29, 0.717) is 5.69 Å². The summed E-state index contributed by atoms with van der Waals surface area (Å²) in [6, 6.07) is 10.0. The molecule has 0 saturated heterocycles. The molecule has 35 heavy (non-hydrogen) atoms. The van der Waals surface area contributed by atoms with Crippen LogP contribution in [0.5, 0.6) is 11.5 Å². The minimum atomic E-state index is -0.927. The molecule has 0 saturated carbocycles. The molecular weight excluding hydrogens is 569 g/mol. The van der Waals surface area contributed by atoms with Crippen LogP contribution < -0.4 is 14.4 Å². The highest BCUT2D eigenvalue weighted by atomic mass is 127. The van der Waals surface area contributed by atoms with E-state index in [1.165, 1.54) is 50.8 Å². The molecule has 184 valence electrons. The van der Waals surface area contributed by atoms with Crippen LogP contribution in [0.4, 0.5) is 5.69 Å². The number of halogens is 1. The number of carbonyl (C=O) groups is 4. The molecule has 1 aliphatic rings. The van der Waals surface area contributed by atoms with Crippen molar-refractivity contribution in [3.8, 4) is 11.5 Å². The van der Waals surface area contributed by atoms with Crippen LogP contribution in [0.1, 0.15) is 38.8 Å². The molecule has 0 aromatic heterocycles. The molecule has 1 heterocycles. The summed E-state index contributed by atoms with van der Waals surface area (Å²) in [5, 5.41) is 5.41. The van der Waals surface area contributed by atoms with Crippen molar-refractivity contribution in [3.63, 3.8) is 0 Å². The van der Waals surface area contributed by atoms with Gasteiger partial charge in [-0.1, -0.05) is 0 Å². The van der Waals surface area contributed by atoms with E-state index in [-0.39, 0.29) is 35.4 Å². The minimum absolute atomic E-state index is 0.0117. The fourth-order valence-electron chi connectivity index (χ4n) is 3.49. The fraction of sp³-hybridized carbons (Fsp3) is 0.292. The molecule has 0 bridgehead atoms. The number of aryl methyl sites for hydroxylation is 1. The molecule has 2 aromatic rings. The van der Waals surface area contributed by atoms with Gasteiger partial charge >= 0.3 is 11.9 Å². The second-order valence-electron chi connectivity index (χ2n) is 7.75. The Kier molecular flexibility index (Phi) is 8.10. The number of amides is 2. The van der Waals surface area contributed by atoms with Gasteiger partial charge in [-0.3, -0.25) is 19.2 Å². The number of carbonyl (C=O) groups excluding carboxylic acids is 4. The second-order valence-corrected chi connectivity index (χ2v) is 8.99. The molecule has 1 atom stereocenters. The Labute approximate surface area is 215 Å². The van der Waals surface area contributed by atoms with Gasteiger partial charge in [0.2, 0.25) is 23.9 Å². The Morgan fingerprint density at radius 2 is 1.71 bits per heavy atom. The predicted molar refractivity (Wildman–Crippen MR) is 135 cm³/mol. The van der Waals surface area contributed by atoms with Gasteiger partial charge in [0.05, 0.1) is 12.1 Å². The van der Waals surface area contributed by atoms with Crippen molar-refractivity contribution in [1.29, 1.82) is 0 Å². The summed E-state index contributed by atoms with van der Waals surface area (Å²) in [6.45, 7) is 7.13. The van der Waals surface area contributed by atoms with E-state index in [0.717, 1.165) is 14.1 Å². The number of nitrogens with zero attached hydrogens (tertiary/aromatic N) is 3. The molecular formula is C24H24IN3O7. The van der Waals surface area contributed by atoms with Crippen LogP contribution in [0.3, 0.4) is 0 Å². The van der Waals surface area contributed by atoms with Crippen LogP contribution in [-0.2, 0) is 23.9 Å². The lowest BCUT2D eigenvalue weighted by atomic mass is 10.1. The molecule has 0 unspecified atom stereocenters. The van der Waals surface area contributed by atoms with Crippen molar-refractivity contribution >= 4 is 57.9 Å². The Bertz CT molecular complexity index is 1230. The highest BCUT2D eigenvalue weighted by molar-refractivity contribution is 14.1. The number of anilines is 1. The van der Waals surface area contributed by atoms with Crippen molar-refractivity contribution in [2.75, 3.05) is 11.4 Å². The number of hydrogen-bond donors (Lipinski definition) is 0. The molecule has 2 aromatic carbocycles. The summed E-state index contributed by atoms with van der Waals surface area (Å²) >= 11 is 2.19. The van der Waals surface area contributed by atoms with Crippen molar-refractivity contribution < 1.29 is 33.4 Å². The van der Waals surface area contributed by atoms with Crippen LogP contribution in [0.25, 0.3) is 0 Å². The fourth-order valence-corrected chi connectivity index (χ4v) is 4.14. The Hall–Kier alpha value is -3.48. The van der Waals surface area contributed by atoms with Crippen molar-refractivity contribution in [2.45, 2.75) is 40.8 Å². The van der Waals surface area contributed by atoms with Gasteiger partial charge in [-0.05, 0) is 65.4 Å². The molecule has 0 aliphatic carbocycles. The molecule has 0 fully saturated rings. The first-order chi connectivity index (χ1) is 16.5. The van der Waals surface area contributed by atoms with E-state index in [2.05, 4.69) is 27.7 Å². The third-order valence-electron chi connectivity index (χ3n) is 4.91. The molecule has 0 radical (unpaired) electrons. The van der Waals surface area contributed by atoms with Crippen LogP contribution in [-0.4, -0.2) is 47.4 Å². The maximum Gasteiger partial charge on any atom is 0.308 e. The first-order valence-corrected chi connectivity index (χ1v) is 11.6. The van der Waals surface area contributed by atoms with E-state index < -0.39 is 24.1 Å². The number of hydrogen-bond acceptors (Lipinski definition) is 8. The quantitative estimate of drug-likeness (QED) is 0.287. The highest BCUT2D eigenvalue weighted by Gasteiger charge is 2.35. The average Bonchev–Trinajstić information content (AvgIpc) is 3.15. The predicted octanol–water partition coefficient (Wildman–Crippen LogP) is 3.37. The third-order valence-corrected chi connectivity index (χ3v) is 5.58. The Morgan fingerprint density at radius 1 is 1.03 bits per heavy atom. The maximum atomic E-state index is 12.5. The monoisotopic (exact) mass is 593 g/mol. The summed E-state index contributed by atoms with van der Waals surface area (Å²) in [5.74, 6) is -1.58. The smallest absolute Gasteiger partial charge is 0.308 e.